The van der Waals surface area contributed by atoms with Crippen molar-refractivity contribution in [2.45, 2.75) is 33.2 Å². The number of rotatable bonds is 5. The number of benzene rings is 1. The Labute approximate surface area is 151 Å². The zero-order valence-corrected chi connectivity index (χ0v) is 15.0. The van der Waals surface area contributed by atoms with E-state index in [9.17, 15) is 9.59 Å². The third-order valence-corrected chi connectivity index (χ3v) is 3.82. The minimum absolute atomic E-state index is 0.0233. The number of carbonyl (C=O) groups is 2. The van der Waals surface area contributed by atoms with Crippen molar-refractivity contribution in [2.24, 2.45) is 0 Å². The Kier molecular flexibility index (Phi) is 4.97. The summed E-state index contributed by atoms with van der Waals surface area (Å²) in [6.07, 6.45) is 3.69. The van der Waals surface area contributed by atoms with Gasteiger partial charge in [0.25, 0.3) is 5.91 Å². The first-order valence-corrected chi connectivity index (χ1v) is 8.43. The summed E-state index contributed by atoms with van der Waals surface area (Å²) in [6, 6.07) is 9.10. The van der Waals surface area contributed by atoms with Crippen molar-refractivity contribution in [2.75, 3.05) is 5.32 Å². The van der Waals surface area contributed by atoms with E-state index in [4.69, 9.17) is 0 Å². The maximum absolute atomic E-state index is 12.6. The number of hydrogen-bond donors (Lipinski definition) is 2. The third kappa shape index (κ3) is 3.88. The molecule has 0 saturated heterocycles. The summed E-state index contributed by atoms with van der Waals surface area (Å²) in [4.78, 5) is 28.7. The Hall–Kier alpha value is -3.22. The molecule has 3 aromatic rings. The summed E-state index contributed by atoms with van der Waals surface area (Å²) < 4.78 is 1.58. The molecule has 2 amide bonds. The molecule has 3 rings (SSSR count). The molecular formula is C19H21N5O2. The number of anilines is 1. The summed E-state index contributed by atoms with van der Waals surface area (Å²) in [7, 11) is 0. The lowest BCUT2D eigenvalue weighted by molar-refractivity contribution is -0.120. The molecule has 2 N–H and O–H groups in total. The van der Waals surface area contributed by atoms with Crippen molar-refractivity contribution in [3.63, 3.8) is 0 Å². The highest BCUT2D eigenvalue weighted by molar-refractivity contribution is 6.09. The van der Waals surface area contributed by atoms with Crippen molar-refractivity contribution in [1.29, 1.82) is 0 Å². The lowest BCUT2D eigenvalue weighted by atomic mass is 10.1. The Morgan fingerprint density at radius 3 is 2.62 bits per heavy atom. The summed E-state index contributed by atoms with van der Waals surface area (Å²) in [5.41, 5.74) is 3.12. The van der Waals surface area contributed by atoms with E-state index in [-0.39, 0.29) is 17.9 Å². The van der Waals surface area contributed by atoms with Crippen LogP contribution >= 0.6 is 0 Å². The topological polar surface area (TPSA) is 88.4 Å². The lowest BCUT2D eigenvalue weighted by Crippen LogP contribution is -2.31. The second-order valence-corrected chi connectivity index (χ2v) is 6.40. The van der Waals surface area contributed by atoms with Crippen molar-refractivity contribution in [3.8, 4) is 0 Å². The van der Waals surface area contributed by atoms with Crippen molar-refractivity contribution < 1.29 is 9.59 Å². The van der Waals surface area contributed by atoms with Gasteiger partial charge in [-0.1, -0.05) is 12.1 Å². The molecule has 0 aliphatic carbocycles. The fraction of sp³-hybridized carbons (Fsp3) is 0.263. The Morgan fingerprint density at radius 1 is 1.19 bits per heavy atom. The molecular weight excluding hydrogens is 330 g/mol. The van der Waals surface area contributed by atoms with Crippen LogP contribution < -0.4 is 10.6 Å². The van der Waals surface area contributed by atoms with Crippen molar-refractivity contribution in [3.05, 3.63) is 59.5 Å². The SMILES string of the molecule is Cc1nn2cccnc2c1C(=O)Nc1ccc(CC(=O)NC(C)C)cc1. The van der Waals surface area contributed by atoms with Crippen LogP contribution in [0, 0.1) is 6.92 Å². The number of fused-ring (bicyclic) bond motifs is 1. The summed E-state index contributed by atoms with van der Waals surface area (Å²) in [5, 5.41) is 10.0. The molecule has 0 bridgehead atoms. The van der Waals surface area contributed by atoms with E-state index in [1.165, 1.54) is 0 Å². The van der Waals surface area contributed by atoms with Gasteiger partial charge in [0.2, 0.25) is 5.91 Å². The summed E-state index contributed by atoms with van der Waals surface area (Å²) in [6.45, 7) is 5.63. The van der Waals surface area contributed by atoms with Crippen LogP contribution in [0.25, 0.3) is 5.65 Å². The molecule has 0 saturated carbocycles. The number of nitrogens with one attached hydrogen (secondary N) is 2. The molecule has 2 heterocycles. The first kappa shape index (κ1) is 17.6. The standard InChI is InChI=1S/C19H21N5O2/c1-12(2)21-16(25)11-14-5-7-15(8-6-14)22-19(26)17-13(3)23-24-10-4-9-20-18(17)24/h4-10,12H,11H2,1-3H3,(H,21,25)(H,22,26). The Morgan fingerprint density at radius 2 is 1.92 bits per heavy atom. The van der Waals surface area contributed by atoms with Crippen LogP contribution in [0.5, 0.6) is 0 Å². The van der Waals surface area contributed by atoms with Gasteiger partial charge in [0.15, 0.2) is 5.65 Å². The number of aryl methyl sites for hydroxylation is 1. The second-order valence-electron chi connectivity index (χ2n) is 6.40. The second kappa shape index (κ2) is 7.35. The number of hydrogen-bond acceptors (Lipinski definition) is 4. The highest BCUT2D eigenvalue weighted by atomic mass is 16.2. The quantitative estimate of drug-likeness (QED) is 0.738. The minimum Gasteiger partial charge on any atom is -0.354 e. The van der Waals surface area contributed by atoms with Gasteiger partial charge in [-0.25, -0.2) is 9.50 Å². The molecule has 7 heteroatoms. The van der Waals surface area contributed by atoms with Crippen LogP contribution in [0.4, 0.5) is 5.69 Å². The van der Waals surface area contributed by atoms with Gasteiger partial charge < -0.3 is 10.6 Å². The van der Waals surface area contributed by atoms with Crippen LogP contribution in [-0.4, -0.2) is 32.5 Å². The third-order valence-electron chi connectivity index (χ3n) is 3.82. The van der Waals surface area contributed by atoms with E-state index in [2.05, 4.69) is 20.7 Å². The van der Waals surface area contributed by atoms with Gasteiger partial charge in [0.05, 0.1) is 12.1 Å². The molecule has 7 nitrogen and oxygen atoms in total. The molecule has 1 aromatic carbocycles. The van der Waals surface area contributed by atoms with Crippen LogP contribution in [-0.2, 0) is 11.2 Å². The zero-order valence-electron chi connectivity index (χ0n) is 15.0. The summed E-state index contributed by atoms with van der Waals surface area (Å²) >= 11 is 0. The average molecular weight is 351 g/mol. The monoisotopic (exact) mass is 351 g/mol. The van der Waals surface area contributed by atoms with E-state index in [0.29, 0.717) is 29.0 Å². The largest absolute Gasteiger partial charge is 0.354 e. The van der Waals surface area contributed by atoms with Crippen LogP contribution in [0.15, 0.2) is 42.7 Å². The van der Waals surface area contributed by atoms with Gasteiger partial charge in [0, 0.05) is 24.1 Å². The van der Waals surface area contributed by atoms with Crippen LogP contribution in [0.2, 0.25) is 0 Å². The maximum atomic E-state index is 12.6. The van der Waals surface area contributed by atoms with E-state index >= 15 is 0 Å². The summed E-state index contributed by atoms with van der Waals surface area (Å²) in [5.74, 6) is -0.286. The fourth-order valence-corrected chi connectivity index (χ4v) is 2.72. The number of amides is 2. The van der Waals surface area contributed by atoms with E-state index in [1.54, 1.807) is 42.0 Å². The maximum Gasteiger partial charge on any atom is 0.261 e. The van der Waals surface area contributed by atoms with Gasteiger partial charge in [-0.05, 0) is 44.5 Å². The first-order valence-electron chi connectivity index (χ1n) is 8.43. The molecule has 0 atom stereocenters. The Balaban J connectivity index is 1.71. The van der Waals surface area contributed by atoms with Crippen molar-refractivity contribution >= 4 is 23.1 Å². The molecule has 0 spiro atoms. The molecule has 2 aromatic heterocycles. The number of nitrogens with zero attached hydrogens (tertiary/aromatic N) is 3. The molecule has 0 fully saturated rings. The molecule has 0 unspecified atom stereocenters. The average Bonchev–Trinajstić information content (AvgIpc) is 2.91. The molecule has 26 heavy (non-hydrogen) atoms. The molecule has 134 valence electrons. The predicted molar refractivity (Wildman–Crippen MR) is 99.1 cm³/mol. The first-order chi connectivity index (χ1) is 12.4. The van der Waals surface area contributed by atoms with Crippen LogP contribution in [0.1, 0.15) is 35.5 Å². The van der Waals surface area contributed by atoms with Gasteiger partial charge >= 0.3 is 0 Å². The minimum atomic E-state index is -0.262. The molecule has 0 aliphatic rings. The van der Waals surface area contributed by atoms with Gasteiger partial charge in [0.1, 0.15) is 5.56 Å². The lowest BCUT2D eigenvalue weighted by Gasteiger charge is -2.09. The van der Waals surface area contributed by atoms with E-state index in [0.717, 1.165) is 5.56 Å². The van der Waals surface area contributed by atoms with Crippen LogP contribution in [0.3, 0.4) is 0 Å². The van der Waals surface area contributed by atoms with Gasteiger partial charge in [-0.15, -0.1) is 0 Å². The zero-order chi connectivity index (χ0) is 18.7. The predicted octanol–water partition coefficient (Wildman–Crippen LogP) is 2.36. The number of carbonyl (C=O) groups excluding carboxylic acids is 2. The van der Waals surface area contributed by atoms with Gasteiger partial charge in [-0.3, -0.25) is 9.59 Å². The highest BCUT2D eigenvalue weighted by Crippen LogP contribution is 2.16. The van der Waals surface area contributed by atoms with Crippen molar-refractivity contribution in [1.82, 2.24) is 19.9 Å². The molecule has 0 aliphatic heterocycles. The molecule has 0 radical (unpaired) electrons. The van der Waals surface area contributed by atoms with E-state index < -0.39 is 0 Å². The fourth-order valence-electron chi connectivity index (χ4n) is 2.72. The highest BCUT2D eigenvalue weighted by Gasteiger charge is 2.18. The van der Waals surface area contributed by atoms with Gasteiger partial charge in [-0.2, -0.15) is 5.10 Å². The number of aromatic nitrogens is 3. The smallest absolute Gasteiger partial charge is 0.261 e. The van der Waals surface area contributed by atoms with E-state index in [1.807, 2.05) is 26.0 Å². The normalized spacial score (nSPS) is 10.9. The Bertz CT molecular complexity index is 944.